The van der Waals surface area contributed by atoms with E-state index in [1.807, 2.05) is 69.6 Å². The Labute approximate surface area is 187 Å². The summed E-state index contributed by atoms with van der Waals surface area (Å²) >= 11 is 13.8. The number of rotatable bonds is 3. The molecule has 2 heterocycles. The average Bonchev–Trinajstić information content (AvgIpc) is 3.08. The molecule has 5 aromatic rings. The number of halogens is 1. The Hall–Kier alpha value is -2.73. The van der Waals surface area contributed by atoms with Gasteiger partial charge in [-0.1, -0.05) is 71.8 Å². The van der Waals surface area contributed by atoms with Crippen LogP contribution in [0, 0.1) is 10.9 Å². The lowest BCUT2D eigenvalue weighted by Crippen LogP contribution is -2.23. The summed E-state index contributed by atoms with van der Waals surface area (Å²) in [6, 6.07) is 23.5. The van der Waals surface area contributed by atoms with Crippen molar-refractivity contribution in [2.75, 3.05) is 0 Å². The van der Waals surface area contributed by atoms with E-state index in [9.17, 15) is 4.79 Å². The first-order chi connectivity index (χ1) is 14.5. The molecular weight excluding hydrogens is 432 g/mol. The van der Waals surface area contributed by atoms with Gasteiger partial charge in [0.2, 0.25) is 0 Å². The normalized spacial score (nSPS) is 11.4. The number of aromatic nitrogens is 2. The van der Waals surface area contributed by atoms with Crippen molar-refractivity contribution in [1.29, 1.82) is 0 Å². The Bertz CT molecular complexity index is 1540. The van der Waals surface area contributed by atoms with E-state index in [1.54, 1.807) is 0 Å². The van der Waals surface area contributed by atoms with Crippen molar-refractivity contribution in [3.8, 4) is 10.4 Å². The van der Waals surface area contributed by atoms with Gasteiger partial charge in [0.1, 0.15) is 5.65 Å². The molecule has 0 N–H and O–H groups in total. The molecule has 0 atom stereocenters. The maximum absolute atomic E-state index is 13.6. The van der Waals surface area contributed by atoms with Gasteiger partial charge in [-0.15, -0.1) is 11.3 Å². The van der Waals surface area contributed by atoms with Gasteiger partial charge in [0.25, 0.3) is 5.56 Å². The number of aryl methyl sites for hydroxylation is 1. The molecule has 0 aliphatic carbocycles. The Balaban J connectivity index is 1.93. The van der Waals surface area contributed by atoms with Crippen molar-refractivity contribution < 1.29 is 0 Å². The van der Waals surface area contributed by atoms with E-state index in [-0.39, 0.29) is 5.56 Å². The molecule has 3 aromatic carbocycles. The van der Waals surface area contributed by atoms with E-state index in [0.717, 1.165) is 32.7 Å². The predicted molar refractivity (Wildman–Crippen MR) is 129 cm³/mol. The lowest BCUT2D eigenvalue weighted by atomic mass is 10.1. The summed E-state index contributed by atoms with van der Waals surface area (Å²) in [5.41, 5.74) is 4.67. The molecule has 0 fully saturated rings. The Morgan fingerprint density at radius 3 is 2.57 bits per heavy atom. The summed E-state index contributed by atoms with van der Waals surface area (Å²) in [4.78, 5) is 14.5. The highest BCUT2D eigenvalue weighted by Crippen LogP contribution is 2.37. The zero-order chi connectivity index (χ0) is 20.8. The summed E-state index contributed by atoms with van der Waals surface area (Å²) in [6.07, 6.45) is 0. The highest BCUT2D eigenvalue weighted by atomic mass is 35.5. The minimum Gasteiger partial charge on any atom is -0.288 e. The molecule has 0 unspecified atom stereocenters. The van der Waals surface area contributed by atoms with E-state index in [2.05, 4.69) is 19.1 Å². The van der Waals surface area contributed by atoms with Crippen LogP contribution in [-0.4, -0.2) is 8.97 Å². The van der Waals surface area contributed by atoms with Crippen LogP contribution < -0.4 is 5.56 Å². The van der Waals surface area contributed by atoms with Gasteiger partial charge in [-0.2, -0.15) is 0 Å². The fourth-order valence-electron chi connectivity index (χ4n) is 3.87. The Kier molecular flexibility index (Phi) is 4.82. The van der Waals surface area contributed by atoms with Gasteiger partial charge >= 0.3 is 0 Å². The minimum atomic E-state index is -0.0341. The van der Waals surface area contributed by atoms with E-state index >= 15 is 0 Å². The molecule has 0 saturated heterocycles. The fraction of sp³-hybridized carbons (Fsp3) is 0.0833. The summed E-state index contributed by atoms with van der Waals surface area (Å²) in [5.74, 6) is 0. The molecule has 0 bridgehead atoms. The summed E-state index contributed by atoms with van der Waals surface area (Å²) in [7, 11) is 0. The van der Waals surface area contributed by atoms with Crippen LogP contribution in [0.4, 0.5) is 0 Å². The van der Waals surface area contributed by atoms with Crippen molar-refractivity contribution in [2.45, 2.75) is 13.5 Å². The van der Waals surface area contributed by atoms with Crippen molar-refractivity contribution in [3.63, 3.8) is 0 Å². The number of hydrogen-bond donors (Lipinski definition) is 0. The molecule has 0 spiro atoms. The van der Waals surface area contributed by atoms with Crippen LogP contribution in [0.25, 0.3) is 27.0 Å². The average molecular weight is 449 g/mol. The zero-order valence-corrected chi connectivity index (χ0v) is 18.5. The number of hydrogen-bond acceptors (Lipinski definition) is 3. The summed E-state index contributed by atoms with van der Waals surface area (Å²) in [5, 5.41) is 1.29. The molecule has 0 aliphatic rings. The summed E-state index contributed by atoms with van der Waals surface area (Å²) in [6.45, 7) is 2.51. The highest BCUT2D eigenvalue weighted by Gasteiger charge is 2.19. The van der Waals surface area contributed by atoms with Crippen molar-refractivity contribution >= 4 is 51.7 Å². The predicted octanol–water partition coefficient (Wildman–Crippen LogP) is 6.72. The number of para-hydroxylation sites is 1. The fourth-order valence-corrected chi connectivity index (χ4v) is 5.63. The SMILES string of the molecule is Cc1cccc(Cn2c(=O)c3ccccc3n3c(=S)sc(-c4ccccc4Cl)c23)c1. The van der Waals surface area contributed by atoms with Crippen LogP contribution in [0.15, 0.2) is 77.6 Å². The Morgan fingerprint density at radius 1 is 1.00 bits per heavy atom. The van der Waals surface area contributed by atoms with Crippen LogP contribution in [-0.2, 0) is 6.54 Å². The van der Waals surface area contributed by atoms with Crippen LogP contribution in [0.3, 0.4) is 0 Å². The second-order valence-electron chi connectivity index (χ2n) is 7.23. The van der Waals surface area contributed by atoms with Gasteiger partial charge < -0.3 is 0 Å². The molecule has 0 aliphatic heterocycles. The third-order valence-electron chi connectivity index (χ3n) is 5.20. The van der Waals surface area contributed by atoms with E-state index in [4.69, 9.17) is 23.8 Å². The van der Waals surface area contributed by atoms with Gasteiger partial charge in [-0.05, 0) is 42.9 Å². The zero-order valence-electron chi connectivity index (χ0n) is 16.1. The van der Waals surface area contributed by atoms with Crippen molar-refractivity contribution in [1.82, 2.24) is 8.97 Å². The van der Waals surface area contributed by atoms with Crippen LogP contribution in [0.5, 0.6) is 0 Å². The molecule has 148 valence electrons. The molecule has 30 heavy (non-hydrogen) atoms. The topological polar surface area (TPSA) is 26.4 Å². The van der Waals surface area contributed by atoms with E-state index in [1.165, 1.54) is 11.3 Å². The molecule has 0 radical (unpaired) electrons. The first-order valence-corrected chi connectivity index (χ1v) is 11.1. The highest BCUT2D eigenvalue weighted by molar-refractivity contribution is 7.73. The third kappa shape index (κ3) is 3.10. The number of thiazole rings is 1. The number of fused-ring (bicyclic) bond motifs is 3. The second kappa shape index (κ2) is 7.51. The van der Waals surface area contributed by atoms with Crippen molar-refractivity contribution in [2.24, 2.45) is 0 Å². The number of benzene rings is 3. The largest absolute Gasteiger partial charge is 0.288 e. The maximum atomic E-state index is 13.6. The monoisotopic (exact) mass is 448 g/mol. The Morgan fingerprint density at radius 2 is 1.77 bits per heavy atom. The van der Waals surface area contributed by atoms with Gasteiger partial charge in [-0.3, -0.25) is 13.8 Å². The van der Waals surface area contributed by atoms with Crippen LogP contribution >= 0.6 is 35.2 Å². The van der Waals surface area contributed by atoms with Crippen LogP contribution in [0.2, 0.25) is 5.02 Å². The molecule has 5 rings (SSSR count). The van der Waals surface area contributed by atoms with Gasteiger partial charge in [0.05, 0.1) is 22.3 Å². The maximum Gasteiger partial charge on any atom is 0.261 e. The van der Waals surface area contributed by atoms with E-state index in [0.29, 0.717) is 20.9 Å². The molecule has 3 nitrogen and oxygen atoms in total. The molecule has 0 amide bonds. The van der Waals surface area contributed by atoms with Crippen molar-refractivity contribution in [3.05, 3.63) is 103 Å². The molecule has 0 saturated carbocycles. The number of nitrogens with zero attached hydrogens (tertiary/aromatic N) is 2. The van der Waals surface area contributed by atoms with E-state index < -0.39 is 0 Å². The molecule has 2 aromatic heterocycles. The summed E-state index contributed by atoms with van der Waals surface area (Å²) < 4.78 is 4.52. The lowest BCUT2D eigenvalue weighted by Gasteiger charge is -2.14. The quantitative estimate of drug-likeness (QED) is 0.286. The molecular formula is C24H17ClN2OS2. The van der Waals surface area contributed by atoms with Crippen LogP contribution in [0.1, 0.15) is 11.1 Å². The minimum absolute atomic E-state index is 0.0341. The molecule has 6 heteroatoms. The van der Waals surface area contributed by atoms with Gasteiger partial charge in [0.15, 0.2) is 3.95 Å². The first-order valence-electron chi connectivity index (χ1n) is 9.52. The second-order valence-corrected chi connectivity index (χ2v) is 9.28. The van der Waals surface area contributed by atoms with Gasteiger partial charge in [-0.25, -0.2) is 0 Å². The standard InChI is InChI=1S/C24H17ClN2OS2/c1-15-7-6-8-16(13-15)14-26-22-21(17-9-2-4-11-19(17)25)30-24(29)27(22)20-12-5-3-10-18(20)23(26)28/h2-13H,14H2,1H3. The lowest BCUT2D eigenvalue weighted by molar-refractivity contribution is 0.780. The smallest absolute Gasteiger partial charge is 0.261 e. The van der Waals surface area contributed by atoms with Gasteiger partial charge in [0, 0.05) is 10.6 Å². The first kappa shape index (κ1) is 19.2. The third-order valence-corrected chi connectivity index (χ3v) is 6.93.